The quantitative estimate of drug-likeness (QED) is 0.688. The van der Waals surface area contributed by atoms with E-state index < -0.39 is 11.8 Å². The standard InChI is InChI=1S/C12H13BrFN5O/c1-6(11-16-5-10(13)19-11)17-7-2-3-8(14)9(4-7)18-12(15)20/h2-6,17H,1H3,(H,16,19)(H3,15,18,20). The monoisotopic (exact) mass is 341 g/mol. The maximum Gasteiger partial charge on any atom is 0.316 e. The Morgan fingerprint density at radius 3 is 2.90 bits per heavy atom. The van der Waals surface area contributed by atoms with E-state index in [1.54, 1.807) is 12.3 Å². The predicted molar refractivity (Wildman–Crippen MR) is 77.9 cm³/mol. The number of aromatic amines is 1. The Bertz CT molecular complexity index is 630. The number of hydrogen-bond donors (Lipinski definition) is 4. The Morgan fingerprint density at radius 2 is 2.30 bits per heavy atom. The third-order valence-electron chi connectivity index (χ3n) is 2.58. The summed E-state index contributed by atoms with van der Waals surface area (Å²) in [6, 6.07) is 3.35. The van der Waals surface area contributed by atoms with Gasteiger partial charge in [-0.05, 0) is 41.1 Å². The molecule has 1 heterocycles. The number of carbonyl (C=O) groups excluding carboxylic acids is 1. The van der Waals surface area contributed by atoms with Crippen LogP contribution < -0.4 is 16.4 Å². The van der Waals surface area contributed by atoms with Crippen LogP contribution in [-0.4, -0.2) is 16.0 Å². The largest absolute Gasteiger partial charge is 0.375 e. The minimum Gasteiger partial charge on any atom is -0.375 e. The summed E-state index contributed by atoms with van der Waals surface area (Å²) >= 11 is 3.28. The van der Waals surface area contributed by atoms with Gasteiger partial charge in [0.2, 0.25) is 0 Å². The van der Waals surface area contributed by atoms with E-state index in [0.29, 0.717) is 5.69 Å². The number of H-pyrrole nitrogens is 1. The Hall–Kier alpha value is -2.09. The van der Waals surface area contributed by atoms with E-state index in [-0.39, 0.29) is 11.7 Å². The van der Waals surface area contributed by atoms with Crippen molar-refractivity contribution < 1.29 is 9.18 Å². The molecule has 0 bridgehead atoms. The van der Waals surface area contributed by atoms with E-state index >= 15 is 0 Å². The number of amides is 2. The van der Waals surface area contributed by atoms with Gasteiger partial charge in [-0.1, -0.05) is 0 Å². The fourth-order valence-electron chi connectivity index (χ4n) is 1.70. The molecule has 1 atom stereocenters. The SMILES string of the molecule is CC(Nc1ccc(F)c(NC(N)=O)c1)c1ncc(Br)[nH]1. The van der Waals surface area contributed by atoms with E-state index in [2.05, 4.69) is 36.5 Å². The van der Waals surface area contributed by atoms with E-state index in [9.17, 15) is 9.18 Å². The van der Waals surface area contributed by atoms with E-state index in [1.165, 1.54) is 12.1 Å². The van der Waals surface area contributed by atoms with Gasteiger partial charge in [-0.3, -0.25) is 0 Å². The number of halogens is 2. The Morgan fingerprint density at radius 1 is 1.55 bits per heavy atom. The molecule has 2 rings (SSSR count). The average molecular weight is 342 g/mol. The second-order valence-electron chi connectivity index (χ2n) is 4.17. The summed E-state index contributed by atoms with van der Waals surface area (Å²) < 4.78 is 14.2. The van der Waals surface area contributed by atoms with Crippen molar-refractivity contribution in [2.24, 2.45) is 5.73 Å². The molecule has 2 amide bonds. The van der Waals surface area contributed by atoms with Crippen LogP contribution in [0.5, 0.6) is 0 Å². The number of carbonyl (C=O) groups is 1. The van der Waals surface area contributed by atoms with E-state index in [1.807, 2.05) is 6.92 Å². The highest BCUT2D eigenvalue weighted by Gasteiger charge is 2.11. The van der Waals surface area contributed by atoms with Crippen molar-refractivity contribution in [3.05, 3.63) is 40.6 Å². The number of hydrogen-bond acceptors (Lipinski definition) is 3. The van der Waals surface area contributed by atoms with Gasteiger partial charge in [-0.2, -0.15) is 0 Å². The van der Waals surface area contributed by atoms with Gasteiger partial charge < -0.3 is 21.4 Å². The van der Waals surface area contributed by atoms with Gasteiger partial charge in [0.15, 0.2) is 0 Å². The van der Waals surface area contributed by atoms with Gasteiger partial charge in [0.05, 0.1) is 17.9 Å². The first kappa shape index (κ1) is 14.3. The fourth-order valence-corrected chi connectivity index (χ4v) is 2.00. The van der Waals surface area contributed by atoms with E-state index in [4.69, 9.17) is 5.73 Å². The molecule has 1 aromatic heterocycles. The third-order valence-corrected chi connectivity index (χ3v) is 2.99. The molecule has 0 aliphatic heterocycles. The topological polar surface area (TPSA) is 95.8 Å². The van der Waals surface area contributed by atoms with Crippen molar-refractivity contribution >= 4 is 33.3 Å². The van der Waals surface area contributed by atoms with Crippen LogP contribution in [0, 0.1) is 5.82 Å². The second kappa shape index (κ2) is 5.91. The van der Waals surface area contributed by atoms with Crippen molar-refractivity contribution in [2.45, 2.75) is 13.0 Å². The van der Waals surface area contributed by atoms with Crippen LogP contribution in [-0.2, 0) is 0 Å². The minimum absolute atomic E-state index is 0.0234. The molecule has 106 valence electrons. The van der Waals surface area contributed by atoms with Crippen LogP contribution in [0.15, 0.2) is 29.0 Å². The van der Waals surface area contributed by atoms with Crippen LogP contribution in [0.1, 0.15) is 18.8 Å². The van der Waals surface area contributed by atoms with Gasteiger partial charge in [-0.15, -0.1) is 0 Å². The third kappa shape index (κ3) is 3.47. The highest BCUT2D eigenvalue weighted by Crippen LogP contribution is 2.23. The number of urea groups is 1. The predicted octanol–water partition coefficient (Wildman–Crippen LogP) is 2.97. The second-order valence-corrected chi connectivity index (χ2v) is 5.02. The molecular weight excluding hydrogens is 329 g/mol. The molecular formula is C12H13BrFN5O. The van der Waals surface area contributed by atoms with Gasteiger partial charge in [0.1, 0.15) is 16.2 Å². The first-order valence-electron chi connectivity index (χ1n) is 5.78. The maximum absolute atomic E-state index is 13.5. The molecule has 0 saturated heterocycles. The van der Waals surface area contributed by atoms with Gasteiger partial charge >= 0.3 is 6.03 Å². The molecule has 0 aliphatic rings. The van der Waals surface area contributed by atoms with Crippen molar-refractivity contribution in [3.63, 3.8) is 0 Å². The summed E-state index contributed by atoms with van der Waals surface area (Å²) in [4.78, 5) is 18.0. The molecule has 6 nitrogen and oxygen atoms in total. The lowest BCUT2D eigenvalue weighted by Gasteiger charge is -2.14. The zero-order valence-corrected chi connectivity index (χ0v) is 12.2. The molecule has 0 radical (unpaired) electrons. The lowest BCUT2D eigenvalue weighted by Crippen LogP contribution is -2.20. The number of nitrogens with zero attached hydrogens (tertiary/aromatic N) is 1. The lowest BCUT2D eigenvalue weighted by atomic mass is 10.2. The number of aromatic nitrogens is 2. The number of benzene rings is 1. The van der Waals surface area contributed by atoms with Crippen molar-refractivity contribution in [2.75, 3.05) is 10.6 Å². The molecule has 5 N–H and O–H groups in total. The average Bonchev–Trinajstić information content (AvgIpc) is 2.79. The van der Waals surface area contributed by atoms with Crippen LogP contribution in [0.4, 0.5) is 20.6 Å². The van der Waals surface area contributed by atoms with Crippen LogP contribution in [0.3, 0.4) is 0 Å². The fraction of sp³-hybridized carbons (Fsp3) is 0.167. The molecule has 8 heteroatoms. The summed E-state index contributed by atoms with van der Waals surface area (Å²) in [5, 5.41) is 5.36. The molecule has 1 unspecified atom stereocenters. The summed E-state index contributed by atoms with van der Waals surface area (Å²) in [5.74, 6) is 0.174. The Balaban J connectivity index is 2.15. The summed E-state index contributed by atoms with van der Waals surface area (Å²) in [5.41, 5.74) is 5.64. The Kier molecular flexibility index (Phi) is 4.23. The number of primary amides is 1. The highest BCUT2D eigenvalue weighted by molar-refractivity contribution is 9.10. The van der Waals surface area contributed by atoms with Gasteiger partial charge in [0.25, 0.3) is 0 Å². The zero-order chi connectivity index (χ0) is 14.7. The minimum atomic E-state index is -0.816. The van der Waals surface area contributed by atoms with E-state index in [0.717, 1.165) is 10.4 Å². The van der Waals surface area contributed by atoms with Crippen LogP contribution in [0.2, 0.25) is 0 Å². The maximum atomic E-state index is 13.5. The number of anilines is 2. The van der Waals surface area contributed by atoms with Gasteiger partial charge in [0, 0.05) is 5.69 Å². The molecule has 0 aliphatic carbocycles. The summed E-state index contributed by atoms with van der Waals surface area (Å²) in [6.45, 7) is 1.90. The smallest absolute Gasteiger partial charge is 0.316 e. The van der Waals surface area contributed by atoms with Crippen LogP contribution >= 0.6 is 15.9 Å². The lowest BCUT2D eigenvalue weighted by molar-refractivity contribution is 0.259. The first-order valence-corrected chi connectivity index (χ1v) is 6.58. The molecule has 20 heavy (non-hydrogen) atoms. The van der Waals surface area contributed by atoms with Gasteiger partial charge in [-0.25, -0.2) is 14.2 Å². The summed E-state index contributed by atoms with van der Waals surface area (Å²) in [6.07, 6.45) is 1.65. The highest BCUT2D eigenvalue weighted by atomic mass is 79.9. The summed E-state index contributed by atoms with van der Waals surface area (Å²) in [7, 11) is 0. The number of rotatable bonds is 4. The number of nitrogens with one attached hydrogen (secondary N) is 3. The molecule has 2 aromatic rings. The number of imidazole rings is 1. The number of nitrogens with two attached hydrogens (primary N) is 1. The zero-order valence-electron chi connectivity index (χ0n) is 10.6. The molecule has 0 saturated carbocycles. The van der Waals surface area contributed by atoms with Crippen molar-refractivity contribution in [3.8, 4) is 0 Å². The Labute approximate surface area is 123 Å². The van der Waals surface area contributed by atoms with Crippen molar-refractivity contribution in [1.29, 1.82) is 0 Å². The normalized spacial score (nSPS) is 11.9. The first-order chi connectivity index (χ1) is 9.45. The molecule has 1 aromatic carbocycles. The molecule has 0 spiro atoms. The molecule has 0 fully saturated rings. The van der Waals surface area contributed by atoms with Crippen LogP contribution in [0.25, 0.3) is 0 Å². The van der Waals surface area contributed by atoms with Crippen molar-refractivity contribution in [1.82, 2.24) is 9.97 Å².